The van der Waals surface area contributed by atoms with Crippen LogP contribution in [0.15, 0.2) is 30.4 Å². The Labute approximate surface area is 110 Å². The number of rotatable bonds is 6. The van der Waals surface area contributed by atoms with Gasteiger partial charge >= 0.3 is 0 Å². The maximum Gasteiger partial charge on any atom is 0.120 e. The second-order valence-corrected chi connectivity index (χ2v) is 4.96. The van der Waals surface area contributed by atoms with Crippen LogP contribution in [0.4, 0.5) is 0 Å². The molecule has 2 nitrogen and oxygen atoms in total. The zero-order valence-electron chi connectivity index (χ0n) is 11.3. The first-order valence-corrected chi connectivity index (χ1v) is 6.91. The SMILES string of the molecule is C=C(CNCC)COc1ccc2c(c1)CCCC2. The van der Waals surface area contributed by atoms with Crippen molar-refractivity contribution >= 4 is 0 Å². The average Bonchev–Trinajstić information content (AvgIpc) is 2.42. The van der Waals surface area contributed by atoms with Crippen LogP contribution >= 0.6 is 0 Å². The molecule has 2 rings (SSSR count). The van der Waals surface area contributed by atoms with Crippen LogP contribution in [0.5, 0.6) is 5.75 Å². The van der Waals surface area contributed by atoms with Crippen LogP contribution in [0.3, 0.4) is 0 Å². The third-order valence-corrected chi connectivity index (χ3v) is 3.39. The van der Waals surface area contributed by atoms with Gasteiger partial charge < -0.3 is 10.1 Å². The first-order chi connectivity index (χ1) is 8.79. The van der Waals surface area contributed by atoms with E-state index in [-0.39, 0.29) is 0 Å². The summed E-state index contributed by atoms with van der Waals surface area (Å²) in [6.45, 7) is 8.51. The molecule has 2 heteroatoms. The van der Waals surface area contributed by atoms with Gasteiger partial charge in [0.2, 0.25) is 0 Å². The Morgan fingerprint density at radius 3 is 2.83 bits per heavy atom. The lowest BCUT2D eigenvalue weighted by Gasteiger charge is -2.17. The predicted octanol–water partition coefficient (Wildman–Crippen LogP) is 3.11. The maximum atomic E-state index is 5.79. The third kappa shape index (κ3) is 3.61. The van der Waals surface area contributed by atoms with Crippen LogP contribution in [-0.2, 0) is 12.8 Å². The molecule has 0 heterocycles. The fraction of sp³-hybridized carbons (Fsp3) is 0.500. The molecule has 0 aromatic heterocycles. The normalized spacial score (nSPS) is 14.1. The fourth-order valence-corrected chi connectivity index (χ4v) is 2.34. The second-order valence-electron chi connectivity index (χ2n) is 4.96. The smallest absolute Gasteiger partial charge is 0.120 e. The van der Waals surface area contributed by atoms with Gasteiger partial charge in [0, 0.05) is 6.54 Å². The van der Waals surface area contributed by atoms with Crippen LogP contribution in [0.25, 0.3) is 0 Å². The van der Waals surface area contributed by atoms with Crippen molar-refractivity contribution in [3.63, 3.8) is 0 Å². The van der Waals surface area contributed by atoms with E-state index >= 15 is 0 Å². The Morgan fingerprint density at radius 1 is 1.28 bits per heavy atom. The highest BCUT2D eigenvalue weighted by Gasteiger charge is 2.09. The van der Waals surface area contributed by atoms with Crippen molar-refractivity contribution in [2.24, 2.45) is 0 Å². The van der Waals surface area contributed by atoms with Crippen molar-refractivity contribution in [2.45, 2.75) is 32.6 Å². The van der Waals surface area contributed by atoms with Crippen LogP contribution in [0, 0.1) is 0 Å². The summed E-state index contributed by atoms with van der Waals surface area (Å²) < 4.78 is 5.79. The number of ether oxygens (including phenoxy) is 1. The number of benzene rings is 1. The molecular weight excluding hydrogens is 222 g/mol. The highest BCUT2D eigenvalue weighted by molar-refractivity contribution is 5.37. The number of fused-ring (bicyclic) bond motifs is 1. The van der Waals surface area contributed by atoms with E-state index in [2.05, 4.69) is 37.0 Å². The molecule has 1 N–H and O–H groups in total. The monoisotopic (exact) mass is 245 g/mol. The minimum Gasteiger partial charge on any atom is -0.489 e. The van der Waals surface area contributed by atoms with Gasteiger partial charge in [-0.3, -0.25) is 0 Å². The van der Waals surface area contributed by atoms with Crippen LogP contribution < -0.4 is 10.1 Å². The lowest BCUT2D eigenvalue weighted by Crippen LogP contribution is -2.18. The molecule has 0 amide bonds. The predicted molar refractivity (Wildman–Crippen MR) is 76.3 cm³/mol. The summed E-state index contributed by atoms with van der Waals surface area (Å²) in [4.78, 5) is 0. The van der Waals surface area contributed by atoms with E-state index in [9.17, 15) is 0 Å². The van der Waals surface area contributed by atoms with Gasteiger partial charge in [0.15, 0.2) is 0 Å². The Balaban J connectivity index is 1.88. The summed E-state index contributed by atoms with van der Waals surface area (Å²) >= 11 is 0. The van der Waals surface area contributed by atoms with E-state index in [0.29, 0.717) is 6.61 Å². The molecule has 0 radical (unpaired) electrons. The Kier molecular flexibility index (Phi) is 4.82. The average molecular weight is 245 g/mol. The summed E-state index contributed by atoms with van der Waals surface area (Å²) in [5.41, 5.74) is 4.06. The van der Waals surface area contributed by atoms with Gasteiger partial charge in [0.1, 0.15) is 12.4 Å². The van der Waals surface area contributed by atoms with Gasteiger partial charge in [-0.1, -0.05) is 19.6 Å². The molecule has 0 spiro atoms. The first kappa shape index (κ1) is 13.2. The molecule has 1 aromatic rings. The summed E-state index contributed by atoms with van der Waals surface area (Å²) in [5, 5.41) is 3.25. The number of aryl methyl sites for hydroxylation is 2. The molecule has 0 saturated heterocycles. The zero-order valence-corrected chi connectivity index (χ0v) is 11.3. The highest BCUT2D eigenvalue weighted by atomic mass is 16.5. The van der Waals surface area contributed by atoms with Crippen molar-refractivity contribution in [2.75, 3.05) is 19.7 Å². The van der Waals surface area contributed by atoms with E-state index in [1.165, 1.54) is 36.8 Å². The van der Waals surface area contributed by atoms with Gasteiger partial charge in [-0.25, -0.2) is 0 Å². The molecule has 0 aliphatic heterocycles. The molecule has 0 bridgehead atoms. The van der Waals surface area contributed by atoms with E-state index in [0.717, 1.165) is 24.4 Å². The van der Waals surface area contributed by atoms with Gasteiger partial charge in [0.25, 0.3) is 0 Å². The van der Waals surface area contributed by atoms with Crippen molar-refractivity contribution in [3.05, 3.63) is 41.5 Å². The Hall–Kier alpha value is -1.28. The molecule has 1 aliphatic carbocycles. The first-order valence-electron chi connectivity index (χ1n) is 6.91. The number of nitrogens with one attached hydrogen (secondary N) is 1. The lowest BCUT2D eigenvalue weighted by atomic mass is 9.92. The Morgan fingerprint density at radius 2 is 2.06 bits per heavy atom. The minimum atomic E-state index is 0.603. The summed E-state index contributed by atoms with van der Waals surface area (Å²) in [6, 6.07) is 6.51. The molecule has 0 saturated carbocycles. The largest absolute Gasteiger partial charge is 0.489 e. The van der Waals surface area contributed by atoms with Crippen molar-refractivity contribution in [3.8, 4) is 5.75 Å². The van der Waals surface area contributed by atoms with Gasteiger partial charge in [-0.15, -0.1) is 0 Å². The van der Waals surface area contributed by atoms with Gasteiger partial charge in [-0.2, -0.15) is 0 Å². The summed E-state index contributed by atoms with van der Waals surface area (Å²) in [5.74, 6) is 0.980. The molecule has 1 aromatic carbocycles. The zero-order chi connectivity index (χ0) is 12.8. The standard InChI is InChI=1S/C16H23NO/c1-3-17-11-13(2)12-18-16-9-8-14-6-4-5-7-15(14)10-16/h8-10,17H,2-7,11-12H2,1H3. The highest BCUT2D eigenvalue weighted by Crippen LogP contribution is 2.25. The van der Waals surface area contributed by atoms with E-state index < -0.39 is 0 Å². The minimum absolute atomic E-state index is 0.603. The van der Waals surface area contributed by atoms with Gasteiger partial charge in [-0.05, 0) is 61.1 Å². The molecule has 18 heavy (non-hydrogen) atoms. The van der Waals surface area contributed by atoms with Gasteiger partial charge in [0.05, 0.1) is 0 Å². The number of hydrogen-bond donors (Lipinski definition) is 1. The van der Waals surface area contributed by atoms with Crippen LogP contribution in [0.1, 0.15) is 30.9 Å². The van der Waals surface area contributed by atoms with Crippen molar-refractivity contribution in [1.29, 1.82) is 0 Å². The molecule has 0 fully saturated rings. The second kappa shape index (κ2) is 6.60. The topological polar surface area (TPSA) is 21.3 Å². The van der Waals surface area contributed by atoms with E-state index in [1.807, 2.05) is 0 Å². The molecule has 98 valence electrons. The maximum absolute atomic E-state index is 5.79. The Bertz CT molecular complexity index is 412. The van der Waals surface area contributed by atoms with Crippen molar-refractivity contribution in [1.82, 2.24) is 5.32 Å². The van der Waals surface area contributed by atoms with Crippen LogP contribution in [-0.4, -0.2) is 19.7 Å². The number of hydrogen-bond acceptors (Lipinski definition) is 2. The lowest BCUT2D eigenvalue weighted by molar-refractivity contribution is 0.348. The van der Waals surface area contributed by atoms with Crippen molar-refractivity contribution < 1.29 is 4.74 Å². The molecule has 1 aliphatic rings. The molecular formula is C16H23NO. The number of likely N-dealkylation sites (N-methyl/N-ethyl adjacent to an activating group) is 1. The van der Waals surface area contributed by atoms with E-state index in [1.54, 1.807) is 0 Å². The molecule has 0 atom stereocenters. The molecule has 0 unspecified atom stereocenters. The van der Waals surface area contributed by atoms with E-state index in [4.69, 9.17) is 4.74 Å². The third-order valence-electron chi connectivity index (χ3n) is 3.39. The summed E-state index contributed by atoms with van der Waals surface area (Å²) in [7, 11) is 0. The fourth-order valence-electron chi connectivity index (χ4n) is 2.34. The quantitative estimate of drug-likeness (QED) is 0.778. The summed E-state index contributed by atoms with van der Waals surface area (Å²) in [6.07, 6.45) is 5.06. The van der Waals surface area contributed by atoms with Crippen LogP contribution in [0.2, 0.25) is 0 Å².